The second-order valence-corrected chi connectivity index (χ2v) is 1.56. The molecule has 0 aromatic rings. The van der Waals surface area contributed by atoms with Crippen molar-refractivity contribution in [3.8, 4) is 0 Å². The summed E-state index contributed by atoms with van der Waals surface area (Å²) in [7, 11) is 0. The third-order valence-corrected chi connectivity index (χ3v) is 0.571. The highest BCUT2D eigenvalue weighted by Crippen LogP contribution is 1.72. The van der Waals surface area contributed by atoms with Crippen molar-refractivity contribution in [2.75, 3.05) is 26.4 Å². The van der Waals surface area contributed by atoms with Crippen molar-refractivity contribution in [1.29, 1.82) is 0 Å². The van der Waals surface area contributed by atoms with Crippen LogP contribution < -0.4 is 0 Å². The largest absolute Gasteiger partial charge is 0.394 e. The average molecular weight is 188 g/mol. The molecule has 0 fully saturated rings. The standard InChI is InChI=1S/C6H10O.C2H6O2.C2H4/c1-3-5-7-6-4-2;3-1-2-4;1-2/h3-4H,1-2,5-6H2;3-4H,1-2H2;1-2H2. The van der Waals surface area contributed by atoms with Gasteiger partial charge in [0.2, 0.25) is 0 Å². The molecule has 0 saturated carbocycles. The van der Waals surface area contributed by atoms with Gasteiger partial charge in [0.1, 0.15) is 0 Å². The van der Waals surface area contributed by atoms with E-state index >= 15 is 0 Å². The van der Waals surface area contributed by atoms with Crippen molar-refractivity contribution in [3.05, 3.63) is 38.5 Å². The van der Waals surface area contributed by atoms with Crippen molar-refractivity contribution in [1.82, 2.24) is 0 Å². The Morgan fingerprint density at radius 3 is 1.38 bits per heavy atom. The minimum absolute atomic E-state index is 0.125. The van der Waals surface area contributed by atoms with E-state index in [0.717, 1.165) is 0 Å². The van der Waals surface area contributed by atoms with Crippen LogP contribution in [0.4, 0.5) is 0 Å². The molecule has 0 spiro atoms. The summed E-state index contributed by atoms with van der Waals surface area (Å²) in [4.78, 5) is 0. The minimum Gasteiger partial charge on any atom is -0.394 e. The van der Waals surface area contributed by atoms with Gasteiger partial charge in [0, 0.05) is 0 Å². The fraction of sp³-hybridized carbons (Fsp3) is 0.400. The van der Waals surface area contributed by atoms with Crippen molar-refractivity contribution in [2.24, 2.45) is 0 Å². The van der Waals surface area contributed by atoms with Crippen LogP contribution in [0.25, 0.3) is 0 Å². The predicted molar refractivity (Wildman–Crippen MR) is 56.6 cm³/mol. The molecule has 0 aromatic heterocycles. The van der Waals surface area contributed by atoms with Gasteiger partial charge < -0.3 is 14.9 Å². The summed E-state index contributed by atoms with van der Waals surface area (Å²) in [6, 6.07) is 0. The smallest absolute Gasteiger partial charge is 0.0662 e. The zero-order valence-corrected chi connectivity index (χ0v) is 8.11. The molecule has 0 bridgehead atoms. The lowest BCUT2D eigenvalue weighted by atomic mass is 10.6. The second-order valence-electron chi connectivity index (χ2n) is 1.56. The maximum absolute atomic E-state index is 7.62. The van der Waals surface area contributed by atoms with Gasteiger partial charge in [-0.1, -0.05) is 12.2 Å². The Balaban J connectivity index is -0.000000142. The second kappa shape index (κ2) is 30.4. The summed E-state index contributed by atoms with van der Waals surface area (Å²) < 4.78 is 4.90. The number of rotatable bonds is 5. The molecule has 3 nitrogen and oxygen atoms in total. The highest BCUT2D eigenvalue weighted by molar-refractivity contribution is 4.68. The number of aliphatic hydroxyl groups is 2. The summed E-state index contributed by atoms with van der Waals surface area (Å²) in [5.74, 6) is 0. The Hall–Kier alpha value is -0.900. The molecule has 3 heteroatoms. The third kappa shape index (κ3) is 54.7. The van der Waals surface area contributed by atoms with Crippen LogP contribution in [0.1, 0.15) is 0 Å². The van der Waals surface area contributed by atoms with E-state index in [1.807, 2.05) is 0 Å². The number of hydrogen-bond acceptors (Lipinski definition) is 3. The fourth-order valence-corrected chi connectivity index (χ4v) is 0.235. The maximum atomic E-state index is 7.62. The summed E-state index contributed by atoms with van der Waals surface area (Å²) >= 11 is 0. The summed E-state index contributed by atoms with van der Waals surface area (Å²) in [5, 5.41) is 15.2. The highest BCUT2D eigenvalue weighted by atomic mass is 16.5. The Morgan fingerprint density at radius 1 is 0.923 bits per heavy atom. The Bertz CT molecular complexity index is 82.2. The molecule has 0 saturated heterocycles. The first kappa shape index (κ1) is 18.0. The molecule has 0 unspecified atom stereocenters. The Morgan fingerprint density at radius 2 is 1.23 bits per heavy atom. The lowest BCUT2D eigenvalue weighted by molar-refractivity contribution is 0.186. The molecule has 78 valence electrons. The van der Waals surface area contributed by atoms with Crippen LogP contribution in [0.3, 0.4) is 0 Å². The van der Waals surface area contributed by atoms with Gasteiger partial charge in [-0.05, 0) is 0 Å². The zero-order valence-electron chi connectivity index (χ0n) is 8.11. The van der Waals surface area contributed by atoms with E-state index in [0.29, 0.717) is 13.2 Å². The van der Waals surface area contributed by atoms with Crippen molar-refractivity contribution in [2.45, 2.75) is 0 Å². The first-order valence-corrected chi connectivity index (χ1v) is 3.84. The number of aliphatic hydroxyl groups excluding tert-OH is 2. The lowest BCUT2D eigenvalue weighted by Gasteiger charge is -1.89. The SMILES string of the molecule is C=C.C=CCOCC=C.OCCO. The topological polar surface area (TPSA) is 49.7 Å². The van der Waals surface area contributed by atoms with E-state index in [2.05, 4.69) is 26.3 Å². The van der Waals surface area contributed by atoms with Crippen LogP contribution in [-0.2, 0) is 4.74 Å². The van der Waals surface area contributed by atoms with Gasteiger partial charge in [0.25, 0.3) is 0 Å². The van der Waals surface area contributed by atoms with Crippen LogP contribution in [-0.4, -0.2) is 36.6 Å². The van der Waals surface area contributed by atoms with Crippen LogP contribution >= 0.6 is 0 Å². The van der Waals surface area contributed by atoms with E-state index in [9.17, 15) is 0 Å². The molecule has 0 aromatic carbocycles. The molecule has 2 N–H and O–H groups in total. The molecule has 13 heavy (non-hydrogen) atoms. The van der Waals surface area contributed by atoms with Gasteiger partial charge in [0.15, 0.2) is 0 Å². The monoisotopic (exact) mass is 188 g/mol. The normalized spacial score (nSPS) is 6.92. The molecule has 0 radical (unpaired) electrons. The maximum Gasteiger partial charge on any atom is 0.0662 e. The van der Waals surface area contributed by atoms with E-state index in [1.165, 1.54) is 0 Å². The lowest BCUT2D eigenvalue weighted by Crippen LogP contribution is -1.87. The van der Waals surface area contributed by atoms with Crippen LogP contribution in [0.5, 0.6) is 0 Å². The van der Waals surface area contributed by atoms with E-state index in [4.69, 9.17) is 14.9 Å². The molecular formula is C10H20O3. The van der Waals surface area contributed by atoms with Crippen molar-refractivity contribution >= 4 is 0 Å². The van der Waals surface area contributed by atoms with Gasteiger partial charge in [0.05, 0.1) is 26.4 Å². The molecular weight excluding hydrogens is 168 g/mol. The molecule has 0 atom stereocenters. The van der Waals surface area contributed by atoms with Crippen LogP contribution in [0.15, 0.2) is 38.5 Å². The predicted octanol–water partition coefficient (Wildman–Crippen LogP) is 1.15. The van der Waals surface area contributed by atoms with Gasteiger partial charge >= 0.3 is 0 Å². The van der Waals surface area contributed by atoms with Crippen molar-refractivity contribution in [3.63, 3.8) is 0 Å². The Labute approximate surface area is 80.7 Å². The third-order valence-electron chi connectivity index (χ3n) is 0.571. The van der Waals surface area contributed by atoms with E-state index in [-0.39, 0.29) is 13.2 Å². The van der Waals surface area contributed by atoms with Gasteiger partial charge in [-0.25, -0.2) is 0 Å². The summed E-state index contributed by atoms with van der Waals surface area (Å²) in [6.07, 6.45) is 3.42. The summed E-state index contributed by atoms with van der Waals surface area (Å²) in [5.41, 5.74) is 0. The fourth-order valence-electron chi connectivity index (χ4n) is 0.235. The number of hydrogen-bond donors (Lipinski definition) is 2. The van der Waals surface area contributed by atoms with Gasteiger partial charge in [-0.15, -0.1) is 26.3 Å². The Kier molecular flexibility index (Phi) is 42.1. The highest BCUT2D eigenvalue weighted by Gasteiger charge is 1.70. The molecule has 0 aliphatic carbocycles. The van der Waals surface area contributed by atoms with Gasteiger partial charge in [-0.2, -0.15) is 0 Å². The molecule has 0 rings (SSSR count). The first-order valence-electron chi connectivity index (χ1n) is 3.84. The van der Waals surface area contributed by atoms with E-state index in [1.54, 1.807) is 12.2 Å². The minimum atomic E-state index is -0.125. The van der Waals surface area contributed by atoms with Crippen molar-refractivity contribution < 1.29 is 14.9 Å². The molecule has 0 aliphatic rings. The van der Waals surface area contributed by atoms with Gasteiger partial charge in [-0.3, -0.25) is 0 Å². The first-order chi connectivity index (χ1) is 6.33. The quantitative estimate of drug-likeness (QED) is 0.502. The van der Waals surface area contributed by atoms with E-state index < -0.39 is 0 Å². The summed E-state index contributed by atoms with van der Waals surface area (Å²) in [6.45, 7) is 13.9. The average Bonchev–Trinajstić information content (AvgIpc) is 2.22. The molecule has 0 heterocycles. The van der Waals surface area contributed by atoms with Crippen LogP contribution in [0, 0.1) is 0 Å². The number of ether oxygens (including phenoxy) is 1. The van der Waals surface area contributed by atoms with Crippen LogP contribution in [0.2, 0.25) is 0 Å². The molecule has 0 amide bonds. The molecule has 0 aliphatic heterocycles. The zero-order chi connectivity index (χ0) is 10.9.